The van der Waals surface area contributed by atoms with Crippen LogP contribution in [0.1, 0.15) is 5.56 Å². The summed E-state index contributed by atoms with van der Waals surface area (Å²) in [5.74, 6) is 1.61. The van der Waals surface area contributed by atoms with E-state index in [1.165, 1.54) is 27.8 Å². The second kappa shape index (κ2) is 16.7. The Bertz CT molecular complexity index is 3960. The fourth-order valence-electron chi connectivity index (χ4n) is 11.1. The smallest absolute Gasteiger partial charge is 0.252 e. The van der Waals surface area contributed by atoms with E-state index in [1.807, 2.05) is 72.8 Å². The van der Waals surface area contributed by atoms with Crippen LogP contribution in [0.25, 0.3) is 72.8 Å². The number of nitrogens with zero attached hydrogens (tertiary/aromatic N) is 7. The van der Waals surface area contributed by atoms with Crippen LogP contribution in [0.3, 0.4) is 0 Å². The van der Waals surface area contributed by atoms with Gasteiger partial charge in [0.1, 0.15) is 0 Å². The molecule has 0 radical (unpaired) electrons. The van der Waals surface area contributed by atoms with Crippen LogP contribution < -0.4 is 26.2 Å². The van der Waals surface area contributed by atoms with Crippen LogP contribution in [-0.4, -0.2) is 26.2 Å². The van der Waals surface area contributed by atoms with Crippen LogP contribution in [0.4, 0.5) is 34.1 Å². The van der Waals surface area contributed by atoms with Gasteiger partial charge < -0.3 is 14.4 Å². The standard InChI is InChI=1S/C64H40BN7/c66-41-42-35-47(64-68-62(43-19-5-1-6-20-43)67-63(69-64)44-21-7-2-8-22-44)37-50(36-42)72-55-30-16-13-27-51(55)52-38-45(33-34-56(52)72)46-39-59-61-60(40-46)71(49-25-11-4-12-26-49)58-32-18-15-29-54(58)65(61)53-28-14-17-31-57(53)70(59)48-23-9-3-10-24-48/h1-40H. The van der Waals surface area contributed by atoms with Crippen molar-refractivity contribution in [3.63, 3.8) is 0 Å². The summed E-state index contributed by atoms with van der Waals surface area (Å²) in [5, 5.41) is 12.8. The highest BCUT2D eigenvalue weighted by Gasteiger charge is 2.43. The Morgan fingerprint density at radius 1 is 0.347 bits per heavy atom. The third-order valence-electron chi connectivity index (χ3n) is 14.2. The van der Waals surface area contributed by atoms with Gasteiger partial charge in [-0.1, -0.05) is 158 Å². The van der Waals surface area contributed by atoms with Crippen LogP contribution in [0.2, 0.25) is 0 Å². The van der Waals surface area contributed by atoms with Gasteiger partial charge in [0, 0.05) is 67.3 Å². The fraction of sp³-hybridized carbons (Fsp3) is 0. The molecule has 0 bridgehead atoms. The van der Waals surface area contributed by atoms with Crippen molar-refractivity contribution in [2.45, 2.75) is 0 Å². The highest BCUT2D eigenvalue weighted by Crippen LogP contribution is 2.46. The van der Waals surface area contributed by atoms with Gasteiger partial charge in [-0.15, -0.1) is 0 Å². The molecule has 7 nitrogen and oxygen atoms in total. The van der Waals surface area contributed by atoms with Gasteiger partial charge in [-0.2, -0.15) is 5.26 Å². The van der Waals surface area contributed by atoms with Gasteiger partial charge in [-0.25, -0.2) is 15.0 Å². The Labute approximate surface area is 416 Å². The molecule has 2 aliphatic heterocycles. The lowest BCUT2D eigenvalue weighted by Gasteiger charge is -2.44. The highest BCUT2D eigenvalue weighted by atomic mass is 15.2. The average Bonchev–Trinajstić information content (AvgIpc) is 3.79. The molecule has 0 amide bonds. The lowest BCUT2D eigenvalue weighted by Crippen LogP contribution is -2.61. The molecule has 12 aromatic rings. The van der Waals surface area contributed by atoms with Gasteiger partial charge in [-0.3, -0.25) is 0 Å². The molecule has 2 aromatic heterocycles. The molecule has 4 heterocycles. The minimum atomic E-state index is 0.0262. The number of anilines is 6. The Morgan fingerprint density at radius 3 is 1.40 bits per heavy atom. The summed E-state index contributed by atoms with van der Waals surface area (Å²) in [4.78, 5) is 19.9. The first-order valence-corrected chi connectivity index (χ1v) is 24.2. The van der Waals surface area contributed by atoms with Crippen molar-refractivity contribution >= 4 is 79.0 Å². The maximum Gasteiger partial charge on any atom is 0.252 e. The van der Waals surface area contributed by atoms with Crippen molar-refractivity contribution in [2.75, 3.05) is 9.80 Å². The zero-order valence-corrected chi connectivity index (χ0v) is 38.8. The van der Waals surface area contributed by atoms with E-state index >= 15 is 0 Å². The van der Waals surface area contributed by atoms with E-state index in [1.54, 1.807) is 0 Å². The second-order valence-corrected chi connectivity index (χ2v) is 18.3. The lowest BCUT2D eigenvalue weighted by atomic mass is 9.33. The zero-order chi connectivity index (χ0) is 47.7. The maximum atomic E-state index is 10.6. The van der Waals surface area contributed by atoms with Crippen molar-refractivity contribution < 1.29 is 0 Å². The van der Waals surface area contributed by atoms with Crippen molar-refractivity contribution in [1.29, 1.82) is 5.26 Å². The summed E-state index contributed by atoms with van der Waals surface area (Å²) < 4.78 is 2.26. The van der Waals surface area contributed by atoms with Gasteiger partial charge in [-0.05, 0) is 112 Å². The van der Waals surface area contributed by atoms with Crippen molar-refractivity contribution in [3.05, 3.63) is 248 Å². The Morgan fingerprint density at radius 2 is 0.833 bits per heavy atom. The van der Waals surface area contributed by atoms with Gasteiger partial charge >= 0.3 is 0 Å². The molecule has 0 atom stereocenters. The molecule has 8 heteroatoms. The van der Waals surface area contributed by atoms with Gasteiger partial charge in [0.25, 0.3) is 6.71 Å². The highest BCUT2D eigenvalue weighted by molar-refractivity contribution is 7.00. The molecular formula is C64H40BN7. The predicted octanol–water partition coefficient (Wildman–Crippen LogP) is 13.6. The third kappa shape index (κ3) is 6.63. The molecule has 0 fully saturated rings. The minimum Gasteiger partial charge on any atom is -0.311 e. The van der Waals surface area contributed by atoms with E-state index in [4.69, 9.17) is 15.0 Å². The fourth-order valence-corrected chi connectivity index (χ4v) is 11.1. The molecular weight excluding hydrogens is 878 g/mol. The summed E-state index contributed by atoms with van der Waals surface area (Å²) in [6.07, 6.45) is 0. The minimum absolute atomic E-state index is 0.0262. The van der Waals surface area contributed by atoms with Crippen molar-refractivity contribution in [2.24, 2.45) is 0 Å². The number of aromatic nitrogens is 4. The topological polar surface area (TPSA) is 73.9 Å². The van der Waals surface area contributed by atoms with Crippen molar-refractivity contribution in [1.82, 2.24) is 19.5 Å². The molecule has 0 unspecified atom stereocenters. The second-order valence-electron chi connectivity index (χ2n) is 18.3. The molecule has 2 aliphatic rings. The van der Waals surface area contributed by atoms with E-state index in [-0.39, 0.29) is 6.71 Å². The van der Waals surface area contributed by atoms with Crippen molar-refractivity contribution in [3.8, 4) is 57.0 Å². The molecule has 0 N–H and O–H groups in total. The molecule has 72 heavy (non-hydrogen) atoms. The van der Waals surface area contributed by atoms with Crippen LogP contribution in [0.15, 0.2) is 243 Å². The lowest BCUT2D eigenvalue weighted by molar-refractivity contribution is 1.07. The van der Waals surface area contributed by atoms with Crippen LogP contribution in [0.5, 0.6) is 0 Å². The van der Waals surface area contributed by atoms with E-state index in [9.17, 15) is 5.26 Å². The van der Waals surface area contributed by atoms with Crippen LogP contribution in [-0.2, 0) is 0 Å². The normalized spacial score (nSPS) is 12.3. The largest absolute Gasteiger partial charge is 0.311 e. The predicted molar refractivity (Wildman–Crippen MR) is 295 cm³/mol. The van der Waals surface area contributed by atoms with Gasteiger partial charge in [0.15, 0.2) is 17.5 Å². The number of hydrogen-bond acceptors (Lipinski definition) is 6. The SMILES string of the molecule is N#Cc1cc(-c2nc(-c3ccccc3)nc(-c3ccccc3)n2)cc(-n2c3ccccc3c3cc(-c4cc5c6c(c4)N(c4ccccc4)c4ccccc4B6c4ccccc4N5c4ccccc4)ccc32)c1. The van der Waals surface area contributed by atoms with Gasteiger partial charge in [0.05, 0.1) is 22.7 Å². The third-order valence-corrected chi connectivity index (χ3v) is 14.2. The number of para-hydroxylation sites is 5. The summed E-state index contributed by atoms with van der Waals surface area (Å²) in [6, 6.07) is 87.7. The van der Waals surface area contributed by atoms with Crippen LogP contribution in [0, 0.1) is 11.3 Å². The van der Waals surface area contributed by atoms with E-state index < -0.39 is 0 Å². The number of nitriles is 1. The first-order valence-electron chi connectivity index (χ1n) is 24.2. The van der Waals surface area contributed by atoms with E-state index in [0.29, 0.717) is 23.0 Å². The Hall–Kier alpha value is -9.84. The Kier molecular flexibility index (Phi) is 9.54. The summed E-state index contributed by atoms with van der Waals surface area (Å²) in [5.41, 5.74) is 18.8. The molecule has 0 saturated heterocycles. The number of fused-ring (bicyclic) bond motifs is 7. The first kappa shape index (κ1) is 41.2. The monoisotopic (exact) mass is 917 g/mol. The molecule has 0 saturated carbocycles. The summed E-state index contributed by atoms with van der Waals surface area (Å²) in [6.45, 7) is 0.0262. The zero-order valence-electron chi connectivity index (χ0n) is 38.8. The number of rotatable bonds is 7. The molecule has 0 spiro atoms. The van der Waals surface area contributed by atoms with Gasteiger partial charge in [0.2, 0.25) is 0 Å². The maximum absolute atomic E-state index is 10.6. The number of benzene rings is 10. The molecule has 334 valence electrons. The summed E-state index contributed by atoms with van der Waals surface area (Å²) >= 11 is 0. The quantitative estimate of drug-likeness (QED) is 0.148. The molecule has 14 rings (SSSR count). The first-order chi connectivity index (χ1) is 35.7. The Balaban J connectivity index is 0.975. The number of hydrogen-bond donors (Lipinski definition) is 0. The van der Waals surface area contributed by atoms with E-state index in [2.05, 4.69) is 190 Å². The summed E-state index contributed by atoms with van der Waals surface area (Å²) in [7, 11) is 0. The van der Waals surface area contributed by atoms with E-state index in [0.717, 1.165) is 78.1 Å². The molecule has 0 aliphatic carbocycles. The van der Waals surface area contributed by atoms with Crippen LogP contribution >= 0.6 is 0 Å². The molecule has 10 aromatic carbocycles. The average molecular weight is 918 g/mol.